The standard InChI is InChI=1S/C33H42F4O2/c1-3-5-6-20-39-29-19-18-27(32(36)33(29)37)22-10-8-21(9-11-22)25-16-17-26(31(35)30(25)34)23-12-14-24(15-13-23)28(38)7-4-2/h3,16-19,21-24,28,38H,1,4-15,20H2,2H3. The second-order valence-corrected chi connectivity index (χ2v) is 11.4. The van der Waals surface area contributed by atoms with Gasteiger partial charge in [-0.2, -0.15) is 4.39 Å². The van der Waals surface area contributed by atoms with Crippen molar-refractivity contribution in [3.05, 3.63) is 76.9 Å². The molecule has 2 aromatic rings. The molecule has 0 amide bonds. The zero-order valence-corrected chi connectivity index (χ0v) is 23.0. The van der Waals surface area contributed by atoms with E-state index in [0.717, 1.165) is 44.9 Å². The number of unbranched alkanes of at least 4 members (excludes halogenated alkanes) is 1. The van der Waals surface area contributed by atoms with E-state index < -0.39 is 23.3 Å². The number of aliphatic hydroxyl groups excluding tert-OH is 1. The summed E-state index contributed by atoms with van der Waals surface area (Å²) >= 11 is 0. The van der Waals surface area contributed by atoms with Crippen LogP contribution in [0.1, 0.15) is 118 Å². The maximum Gasteiger partial charge on any atom is 0.200 e. The number of halogens is 4. The van der Waals surface area contributed by atoms with Gasteiger partial charge < -0.3 is 9.84 Å². The zero-order valence-electron chi connectivity index (χ0n) is 23.0. The van der Waals surface area contributed by atoms with Crippen molar-refractivity contribution >= 4 is 0 Å². The van der Waals surface area contributed by atoms with Crippen LogP contribution in [0, 0.1) is 29.2 Å². The molecule has 0 bridgehead atoms. The van der Waals surface area contributed by atoms with Crippen molar-refractivity contribution in [1.82, 2.24) is 0 Å². The fourth-order valence-electron chi connectivity index (χ4n) is 6.66. The molecule has 214 valence electrons. The van der Waals surface area contributed by atoms with Crippen molar-refractivity contribution in [2.24, 2.45) is 5.92 Å². The van der Waals surface area contributed by atoms with E-state index in [4.69, 9.17) is 4.74 Å². The first kappa shape index (κ1) is 29.6. The molecule has 0 aliphatic heterocycles. The second kappa shape index (κ2) is 13.8. The Balaban J connectivity index is 1.36. The summed E-state index contributed by atoms with van der Waals surface area (Å²) in [6.45, 7) is 5.98. The first-order chi connectivity index (χ1) is 18.8. The van der Waals surface area contributed by atoms with E-state index in [1.807, 2.05) is 0 Å². The van der Waals surface area contributed by atoms with Gasteiger partial charge in [0.05, 0.1) is 12.7 Å². The van der Waals surface area contributed by atoms with Gasteiger partial charge >= 0.3 is 0 Å². The van der Waals surface area contributed by atoms with Gasteiger partial charge in [0.2, 0.25) is 5.82 Å². The minimum atomic E-state index is -0.967. The van der Waals surface area contributed by atoms with Crippen molar-refractivity contribution in [2.75, 3.05) is 6.61 Å². The summed E-state index contributed by atoms with van der Waals surface area (Å²) in [7, 11) is 0. The summed E-state index contributed by atoms with van der Waals surface area (Å²) in [6, 6.07) is 6.56. The summed E-state index contributed by atoms with van der Waals surface area (Å²) in [5, 5.41) is 10.3. The lowest BCUT2D eigenvalue weighted by Crippen LogP contribution is -2.25. The van der Waals surface area contributed by atoms with Crippen molar-refractivity contribution in [3.63, 3.8) is 0 Å². The molecular weight excluding hydrogens is 504 g/mol. The van der Waals surface area contributed by atoms with E-state index in [9.17, 15) is 13.9 Å². The molecule has 1 atom stereocenters. The Morgan fingerprint density at radius 3 is 1.74 bits per heavy atom. The number of hydrogen-bond donors (Lipinski definition) is 1. The predicted octanol–water partition coefficient (Wildman–Crippen LogP) is 9.46. The summed E-state index contributed by atoms with van der Waals surface area (Å²) in [5.74, 6) is -3.54. The van der Waals surface area contributed by atoms with Gasteiger partial charge in [-0.15, -0.1) is 6.58 Å². The van der Waals surface area contributed by atoms with Crippen LogP contribution in [0.4, 0.5) is 17.6 Å². The molecule has 2 nitrogen and oxygen atoms in total. The fraction of sp³-hybridized carbons (Fsp3) is 0.576. The molecule has 0 heterocycles. The average Bonchev–Trinajstić information content (AvgIpc) is 2.95. The molecule has 0 aromatic heterocycles. The quantitative estimate of drug-likeness (QED) is 0.173. The van der Waals surface area contributed by atoms with Crippen LogP contribution in [0.5, 0.6) is 5.75 Å². The highest BCUT2D eigenvalue weighted by atomic mass is 19.2. The number of rotatable bonds is 11. The SMILES string of the molecule is C=CCCCOc1ccc(C2CCC(c3ccc(C4CCC(C(O)CCC)CC4)c(F)c3F)CC2)c(F)c1F. The van der Waals surface area contributed by atoms with Crippen LogP contribution in [-0.2, 0) is 0 Å². The molecule has 6 heteroatoms. The Bertz CT molecular complexity index is 1100. The smallest absolute Gasteiger partial charge is 0.200 e. The summed E-state index contributed by atoms with van der Waals surface area (Å²) in [6.07, 6.45) is 10.1. The number of hydrogen-bond acceptors (Lipinski definition) is 2. The molecular formula is C33H42F4O2. The van der Waals surface area contributed by atoms with E-state index in [2.05, 4.69) is 13.5 Å². The van der Waals surface area contributed by atoms with Crippen molar-refractivity contribution < 1.29 is 27.4 Å². The zero-order chi connectivity index (χ0) is 27.9. The Labute approximate surface area is 230 Å². The van der Waals surface area contributed by atoms with Crippen LogP contribution in [-0.4, -0.2) is 17.8 Å². The summed E-state index contributed by atoms with van der Waals surface area (Å²) < 4.78 is 65.5. The van der Waals surface area contributed by atoms with E-state index in [1.54, 1.807) is 24.3 Å². The maximum absolute atomic E-state index is 15.3. The predicted molar refractivity (Wildman–Crippen MR) is 147 cm³/mol. The van der Waals surface area contributed by atoms with Crippen LogP contribution in [0.3, 0.4) is 0 Å². The van der Waals surface area contributed by atoms with Gasteiger partial charge in [-0.05, 0) is 117 Å². The molecule has 0 saturated heterocycles. The third-order valence-corrected chi connectivity index (χ3v) is 8.98. The molecule has 2 saturated carbocycles. The lowest BCUT2D eigenvalue weighted by Gasteiger charge is -2.32. The van der Waals surface area contributed by atoms with Crippen LogP contribution < -0.4 is 4.74 Å². The molecule has 0 radical (unpaired) electrons. The van der Waals surface area contributed by atoms with Gasteiger partial charge in [0, 0.05) is 0 Å². The van der Waals surface area contributed by atoms with E-state index in [0.29, 0.717) is 48.8 Å². The van der Waals surface area contributed by atoms with Crippen LogP contribution >= 0.6 is 0 Å². The number of aliphatic hydroxyl groups is 1. The van der Waals surface area contributed by atoms with E-state index in [1.165, 1.54) is 6.07 Å². The Hall–Kier alpha value is -2.34. The molecule has 2 aliphatic rings. The van der Waals surface area contributed by atoms with Gasteiger partial charge in [0.15, 0.2) is 23.2 Å². The Kier molecular flexibility index (Phi) is 10.5. The van der Waals surface area contributed by atoms with Crippen LogP contribution in [0.25, 0.3) is 0 Å². The van der Waals surface area contributed by atoms with Gasteiger partial charge in [-0.25, -0.2) is 13.2 Å². The third-order valence-electron chi connectivity index (χ3n) is 8.98. The van der Waals surface area contributed by atoms with Gasteiger partial charge in [0.1, 0.15) is 0 Å². The first-order valence-electron chi connectivity index (χ1n) is 14.7. The molecule has 39 heavy (non-hydrogen) atoms. The number of allylic oxidation sites excluding steroid dienone is 1. The number of benzene rings is 2. The molecule has 0 spiro atoms. The highest BCUT2D eigenvalue weighted by Gasteiger charge is 2.32. The van der Waals surface area contributed by atoms with Gasteiger partial charge in [0.25, 0.3) is 0 Å². The fourth-order valence-corrected chi connectivity index (χ4v) is 6.66. The molecule has 1 unspecified atom stereocenters. The minimum Gasteiger partial charge on any atom is -0.490 e. The van der Waals surface area contributed by atoms with E-state index in [-0.39, 0.29) is 42.1 Å². The molecule has 2 aromatic carbocycles. The normalized spacial score (nSPS) is 24.4. The molecule has 2 aliphatic carbocycles. The molecule has 2 fully saturated rings. The minimum absolute atomic E-state index is 0.0267. The van der Waals surface area contributed by atoms with Crippen LogP contribution in [0.15, 0.2) is 36.9 Å². The number of ether oxygens (including phenoxy) is 1. The topological polar surface area (TPSA) is 29.5 Å². The summed E-state index contributed by atoms with van der Waals surface area (Å²) in [4.78, 5) is 0. The molecule has 4 rings (SSSR count). The summed E-state index contributed by atoms with van der Waals surface area (Å²) in [5.41, 5.74) is 1.15. The van der Waals surface area contributed by atoms with Gasteiger partial charge in [-0.3, -0.25) is 0 Å². The lowest BCUT2D eigenvalue weighted by molar-refractivity contribution is 0.0727. The highest BCUT2D eigenvalue weighted by Crippen LogP contribution is 2.45. The second-order valence-electron chi connectivity index (χ2n) is 11.4. The van der Waals surface area contributed by atoms with Gasteiger partial charge in [-0.1, -0.05) is 37.6 Å². The lowest BCUT2D eigenvalue weighted by atomic mass is 9.74. The van der Waals surface area contributed by atoms with Crippen LogP contribution in [0.2, 0.25) is 0 Å². The molecule has 1 N–H and O–H groups in total. The average molecular weight is 547 g/mol. The van der Waals surface area contributed by atoms with Crippen molar-refractivity contribution in [1.29, 1.82) is 0 Å². The Morgan fingerprint density at radius 2 is 1.26 bits per heavy atom. The van der Waals surface area contributed by atoms with E-state index >= 15 is 8.78 Å². The first-order valence-corrected chi connectivity index (χ1v) is 14.7. The maximum atomic E-state index is 15.3. The van der Waals surface area contributed by atoms with Crippen molar-refractivity contribution in [3.8, 4) is 5.75 Å². The highest BCUT2D eigenvalue weighted by molar-refractivity contribution is 5.35. The third kappa shape index (κ3) is 6.87. The van der Waals surface area contributed by atoms with Crippen molar-refractivity contribution in [2.45, 2.75) is 108 Å². The largest absolute Gasteiger partial charge is 0.490 e. The monoisotopic (exact) mass is 546 g/mol. The Morgan fingerprint density at radius 1 is 0.795 bits per heavy atom.